The fourth-order valence-electron chi connectivity index (χ4n) is 1.41. The zero-order chi connectivity index (χ0) is 15.7. The molecule has 0 radical (unpaired) electrons. The molecule has 0 spiro atoms. The van der Waals surface area contributed by atoms with Crippen LogP contribution in [0.15, 0.2) is 28.6 Å². The average molecular weight is 360 g/mol. The molecule has 0 fully saturated rings. The van der Waals surface area contributed by atoms with E-state index in [0.717, 1.165) is 16.0 Å². The van der Waals surface area contributed by atoms with Crippen LogP contribution in [0.2, 0.25) is 4.34 Å². The van der Waals surface area contributed by atoms with Gasteiger partial charge in [-0.05, 0) is 12.1 Å². The first kappa shape index (κ1) is 16.1. The molecule has 0 aromatic carbocycles. The van der Waals surface area contributed by atoms with Crippen molar-refractivity contribution in [2.45, 2.75) is 23.4 Å². The zero-order valence-electron chi connectivity index (χ0n) is 10.3. The summed E-state index contributed by atoms with van der Waals surface area (Å²) in [4.78, 5) is 0. The van der Waals surface area contributed by atoms with E-state index >= 15 is 0 Å². The molecule has 0 unspecified atom stereocenters. The molecule has 2 aromatic heterocycles. The van der Waals surface area contributed by atoms with Crippen LogP contribution in [0, 0.1) is 0 Å². The number of sulfonamides is 1. The molecular weight excluding hydrogens is 351 g/mol. The van der Waals surface area contributed by atoms with Gasteiger partial charge < -0.3 is 0 Å². The second kappa shape index (κ2) is 5.85. The van der Waals surface area contributed by atoms with Crippen molar-refractivity contribution in [2.75, 3.05) is 4.72 Å². The van der Waals surface area contributed by atoms with Crippen LogP contribution in [0.1, 0.15) is 6.42 Å². The lowest BCUT2D eigenvalue weighted by Crippen LogP contribution is -2.14. The minimum Gasteiger partial charge on any atom is -0.270 e. The van der Waals surface area contributed by atoms with Crippen LogP contribution in [-0.2, 0) is 16.6 Å². The Morgan fingerprint density at radius 2 is 2.05 bits per heavy atom. The topological polar surface area (TPSA) is 64.0 Å². The summed E-state index contributed by atoms with van der Waals surface area (Å²) in [6.45, 7) is -0.379. The molecule has 0 aliphatic carbocycles. The van der Waals surface area contributed by atoms with Gasteiger partial charge in [-0.15, -0.1) is 11.3 Å². The van der Waals surface area contributed by atoms with Gasteiger partial charge in [-0.3, -0.25) is 9.40 Å². The minimum atomic E-state index is -4.29. The van der Waals surface area contributed by atoms with Crippen molar-refractivity contribution in [1.82, 2.24) is 9.78 Å². The number of halogens is 4. The summed E-state index contributed by atoms with van der Waals surface area (Å²) in [6.07, 6.45) is -4.06. The number of rotatable bonds is 5. The third kappa shape index (κ3) is 4.61. The van der Waals surface area contributed by atoms with E-state index in [1.807, 2.05) is 0 Å². The Bertz CT molecular complexity index is 724. The molecule has 5 nitrogen and oxygen atoms in total. The van der Waals surface area contributed by atoms with Gasteiger partial charge in [0.15, 0.2) is 5.82 Å². The SMILES string of the molecule is O=S(=O)(Nc1ccn(CCC(F)(F)F)n1)c1ccc(Cl)s1. The summed E-state index contributed by atoms with van der Waals surface area (Å²) in [5, 5.41) is 3.73. The quantitative estimate of drug-likeness (QED) is 0.890. The predicted octanol–water partition coefficient (Wildman–Crippen LogP) is 3.35. The van der Waals surface area contributed by atoms with Crippen LogP contribution in [-0.4, -0.2) is 24.4 Å². The number of nitrogens with one attached hydrogen (secondary N) is 1. The molecule has 0 atom stereocenters. The van der Waals surface area contributed by atoms with Gasteiger partial charge in [0, 0.05) is 18.8 Å². The Hall–Kier alpha value is -1.26. The van der Waals surface area contributed by atoms with Gasteiger partial charge in [-0.25, -0.2) is 8.42 Å². The Kier molecular flexibility index (Phi) is 4.49. The fraction of sp³-hybridized carbons (Fsp3) is 0.300. The predicted molar refractivity (Wildman–Crippen MR) is 73.0 cm³/mol. The normalized spacial score (nSPS) is 12.6. The van der Waals surface area contributed by atoms with E-state index in [-0.39, 0.29) is 16.6 Å². The number of nitrogens with zero attached hydrogens (tertiary/aromatic N) is 2. The molecule has 0 aliphatic heterocycles. The Balaban J connectivity index is 2.05. The van der Waals surface area contributed by atoms with Crippen LogP contribution in [0.3, 0.4) is 0 Å². The third-order valence-corrected chi connectivity index (χ3v) is 5.40. The summed E-state index contributed by atoms with van der Waals surface area (Å²) in [5.74, 6) is -0.0540. The lowest BCUT2D eigenvalue weighted by Gasteiger charge is -2.06. The van der Waals surface area contributed by atoms with Crippen molar-refractivity contribution in [3.8, 4) is 0 Å². The number of hydrogen-bond acceptors (Lipinski definition) is 4. The van der Waals surface area contributed by atoms with E-state index in [2.05, 4.69) is 9.82 Å². The largest absolute Gasteiger partial charge is 0.390 e. The maximum absolute atomic E-state index is 12.1. The molecule has 2 heterocycles. The van der Waals surface area contributed by atoms with Gasteiger partial charge in [-0.2, -0.15) is 18.3 Å². The van der Waals surface area contributed by atoms with E-state index in [0.29, 0.717) is 4.34 Å². The first-order valence-electron chi connectivity index (χ1n) is 5.54. The third-order valence-electron chi connectivity index (χ3n) is 2.32. The van der Waals surface area contributed by atoms with Gasteiger partial charge in [0.2, 0.25) is 0 Å². The summed E-state index contributed by atoms with van der Waals surface area (Å²) in [6, 6.07) is 4.04. The van der Waals surface area contributed by atoms with E-state index in [1.54, 1.807) is 0 Å². The van der Waals surface area contributed by atoms with Crippen molar-refractivity contribution in [3.63, 3.8) is 0 Å². The van der Waals surface area contributed by atoms with Crippen LogP contribution in [0.5, 0.6) is 0 Å². The number of anilines is 1. The van der Waals surface area contributed by atoms with Crippen molar-refractivity contribution < 1.29 is 21.6 Å². The average Bonchev–Trinajstić information content (AvgIpc) is 2.94. The molecule has 0 amide bonds. The van der Waals surface area contributed by atoms with Crippen molar-refractivity contribution in [2.24, 2.45) is 0 Å². The standard InChI is InChI=1S/C10H9ClF3N3O2S2/c11-7-1-2-9(20-7)21(18,19)16-8-3-5-17(15-8)6-4-10(12,13)14/h1-3,5H,4,6H2,(H,15,16). The van der Waals surface area contributed by atoms with E-state index in [4.69, 9.17) is 11.6 Å². The number of hydrogen-bond donors (Lipinski definition) is 1. The smallest absolute Gasteiger partial charge is 0.270 e. The van der Waals surface area contributed by atoms with Crippen LogP contribution >= 0.6 is 22.9 Å². The number of alkyl halides is 3. The summed E-state index contributed by atoms with van der Waals surface area (Å²) < 4.78 is 63.6. The zero-order valence-corrected chi connectivity index (χ0v) is 12.7. The molecule has 0 aliphatic rings. The van der Waals surface area contributed by atoms with E-state index in [9.17, 15) is 21.6 Å². The van der Waals surface area contributed by atoms with Gasteiger partial charge in [-0.1, -0.05) is 11.6 Å². The summed E-state index contributed by atoms with van der Waals surface area (Å²) in [5.41, 5.74) is 0. The lowest BCUT2D eigenvalue weighted by atomic mass is 10.4. The van der Waals surface area contributed by atoms with Crippen LogP contribution in [0.25, 0.3) is 0 Å². The van der Waals surface area contributed by atoms with Crippen molar-refractivity contribution in [1.29, 1.82) is 0 Å². The molecule has 2 rings (SSSR count). The molecule has 0 saturated heterocycles. The number of aromatic nitrogens is 2. The van der Waals surface area contributed by atoms with Crippen molar-refractivity contribution in [3.05, 3.63) is 28.7 Å². The lowest BCUT2D eigenvalue weighted by molar-refractivity contribution is -0.137. The Labute approximate surface area is 127 Å². The highest BCUT2D eigenvalue weighted by atomic mass is 35.5. The van der Waals surface area contributed by atoms with E-state index in [1.165, 1.54) is 24.4 Å². The van der Waals surface area contributed by atoms with Crippen LogP contribution < -0.4 is 4.72 Å². The maximum atomic E-state index is 12.1. The monoisotopic (exact) mass is 359 g/mol. The molecule has 11 heteroatoms. The molecule has 2 aromatic rings. The van der Waals surface area contributed by atoms with Crippen LogP contribution in [0.4, 0.5) is 19.0 Å². The van der Waals surface area contributed by atoms with Gasteiger partial charge in [0.05, 0.1) is 10.8 Å². The first-order valence-corrected chi connectivity index (χ1v) is 8.22. The molecule has 0 saturated carbocycles. The minimum absolute atomic E-state index is 0.00246. The number of thiophene rings is 1. The highest BCUT2D eigenvalue weighted by Gasteiger charge is 2.27. The van der Waals surface area contributed by atoms with Crippen molar-refractivity contribution >= 4 is 38.8 Å². The van der Waals surface area contributed by atoms with Gasteiger partial charge in [0.1, 0.15) is 4.21 Å². The molecule has 1 N–H and O–H groups in total. The maximum Gasteiger partial charge on any atom is 0.390 e. The molecule has 116 valence electrons. The van der Waals surface area contributed by atoms with E-state index < -0.39 is 22.6 Å². The highest BCUT2D eigenvalue weighted by Crippen LogP contribution is 2.27. The second-order valence-corrected chi connectivity index (χ2v) is 7.62. The fourth-order valence-corrected chi connectivity index (χ4v) is 3.89. The number of aryl methyl sites for hydroxylation is 1. The second-order valence-electron chi connectivity index (χ2n) is 3.99. The Morgan fingerprint density at radius 1 is 1.33 bits per heavy atom. The summed E-state index contributed by atoms with van der Waals surface area (Å²) >= 11 is 6.52. The highest BCUT2D eigenvalue weighted by molar-refractivity contribution is 7.94. The summed E-state index contributed by atoms with van der Waals surface area (Å²) in [7, 11) is -3.84. The Morgan fingerprint density at radius 3 is 2.62 bits per heavy atom. The van der Waals surface area contributed by atoms with Gasteiger partial charge >= 0.3 is 6.18 Å². The molecule has 0 bridgehead atoms. The molecule has 21 heavy (non-hydrogen) atoms. The molecular formula is C10H9ClF3N3O2S2. The first-order chi connectivity index (χ1) is 9.66. The van der Waals surface area contributed by atoms with Gasteiger partial charge in [0.25, 0.3) is 10.0 Å².